The Balaban J connectivity index is 2.51. The van der Waals surface area contributed by atoms with Crippen LogP contribution in [0, 0.1) is 20.2 Å². The van der Waals surface area contributed by atoms with E-state index in [1.807, 2.05) is 51.1 Å². The quantitative estimate of drug-likeness (QED) is 0.551. The number of nitrogens with one attached hydrogen (secondary N) is 1. The maximum Gasteiger partial charge on any atom is 0.299 e. The molecule has 0 unspecified atom stereocenters. The molecule has 7 nitrogen and oxygen atoms in total. The van der Waals surface area contributed by atoms with Gasteiger partial charge < -0.3 is 5.32 Å². The summed E-state index contributed by atoms with van der Waals surface area (Å²) in [6.07, 6.45) is 0.701. The Kier molecular flexibility index (Phi) is 5.69. The summed E-state index contributed by atoms with van der Waals surface area (Å²) in [6.45, 7) is 5.69. The summed E-state index contributed by atoms with van der Waals surface area (Å²) in [5.74, 6) is -0.0752. The molecule has 0 aliphatic rings. The zero-order chi connectivity index (χ0) is 18.6. The molecule has 0 fully saturated rings. The van der Waals surface area contributed by atoms with E-state index >= 15 is 0 Å². The Bertz CT molecular complexity index is 777. The van der Waals surface area contributed by atoms with E-state index in [0.29, 0.717) is 17.7 Å². The van der Waals surface area contributed by atoms with Crippen molar-refractivity contribution in [3.8, 4) is 0 Å². The summed E-state index contributed by atoms with van der Waals surface area (Å²) in [5.41, 5.74) is 1.27. The van der Waals surface area contributed by atoms with Crippen molar-refractivity contribution in [3.63, 3.8) is 0 Å². The van der Waals surface area contributed by atoms with Gasteiger partial charge in [-0.25, -0.2) is 0 Å². The molecule has 0 aromatic heterocycles. The van der Waals surface area contributed by atoms with Crippen molar-refractivity contribution in [2.24, 2.45) is 0 Å². The molecule has 0 heterocycles. The van der Waals surface area contributed by atoms with Crippen LogP contribution in [0.5, 0.6) is 0 Å². The van der Waals surface area contributed by atoms with Gasteiger partial charge in [0.05, 0.1) is 15.9 Å². The molecule has 7 heteroatoms. The van der Waals surface area contributed by atoms with Gasteiger partial charge in [0.25, 0.3) is 11.4 Å². The number of benzene rings is 2. The minimum absolute atomic E-state index is 0.0752. The number of anilines is 1. The molecule has 0 aliphatic carbocycles. The number of hydrogen-bond donors (Lipinski definition) is 1. The van der Waals surface area contributed by atoms with Crippen LogP contribution in [-0.4, -0.2) is 9.85 Å². The van der Waals surface area contributed by atoms with E-state index in [9.17, 15) is 20.2 Å². The molecule has 0 aliphatic heterocycles. The molecule has 1 N–H and O–H groups in total. The molecule has 0 saturated heterocycles. The molecular formula is C18H21N3O4. The molecule has 2 aromatic carbocycles. The second-order valence-corrected chi connectivity index (χ2v) is 6.03. The number of nitro benzene ring substituents is 2. The van der Waals surface area contributed by atoms with Crippen LogP contribution in [0.25, 0.3) is 0 Å². The van der Waals surface area contributed by atoms with E-state index in [-0.39, 0.29) is 23.3 Å². The first-order valence-electron chi connectivity index (χ1n) is 8.13. The highest BCUT2D eigenvalue weighted by atomic mass is 16.6. The molecule has 2 rings (SSSR count). The maximum absolute atomic E-state index is 11.4. The molecule has 0 radical (unpaired) electrons. The van der Waals surface area contributed by atoms with Crippen LogP contribution in [-0.2, 0) is 0 Å². The third-order valence-electron chi connectivity index (χ3n) is 4.35. The fraction of sp³-hybridized carbons (Fsp3) is 0.333. The Hall–Kier alpha value is -2.96. The highest BCUT2D eigenvalue weighted by molar-refractivity contribution is 5.69. The summed E-state index contributed by atoms with van der Waals surface area (Å²) in [6, 6.07) is 11.9. The third kappa shape index (κ3) is 4.12. The first kappa shape index (κ1) is 18.4. The first-order valence-corrected chi connectivity index (χ1v) is 8.13. The van der Waals surface area contributed by atoms with Crippen molar-refractivity contribution < 1.29 is 9.85 Å². The van der Waals surface area contributed by atoms with Gasteiger partial charge in [0.15, 0.2) is 0 Å². The van der Waals surface area contributed by atoms with E-state index in [1.165, 1.54) is 0 Å². The molecule has 0 saturated carbocycles. The largest absolute Gasteiger partial charge is 0.373 e. The molecule has 0 amide bonds. The van der Waals surface area contributed by atoms with Gasteiger partial charge in [-0.15, -0.1) is 0 Å². The molecule has 2 atom stereocenters. The smallest absolute Gasteiger partial charge is 0.299 e. The summed E-state index contributed by atoms with van der Waals surface area (Å²) in [7, 11) is 0. The SMILES string of the molecule is CC[C@H](C)c1cc(N[C@@H](C)c2ccccc2)c([N+](=O)[O-])cc1[N+](=O)[O-]. The summed E-state index contributed by atoms with van der Waals surface area (Å²) in [5, 5.41) is 25.9. The normalized spacial score (nSPS) is 13.1. The Morgan fingerprint density at radius 3 is 2.12 bits per heavy atom. The van der Waals surface area contributed by atoms with E-state index in [0.717, 1.165) is 11.6 Å². The average Bonchev–Trinajstić information content (AvgIpc) is 2.60. The van der Waals surface area contributed by atoms with E-state index in [4.69, 9.17) is 0 Å². The van der Waals surface area contributed by atoms with Crippen LogP contribution in [0.2, 0.25) is 0 Å². The van der Waals surface area contributed by atoms with Crippen molar-refractivity contribution in [2.75, 3.05) is 5.32 Å². The topological polar surface area (TPSA) is 98.3 Å². The maximum atomic E-state index is 11.4. The fourth-order valence-electron chi connectivity index (χ4n) is 2.69. The van der Waals surface area contributed by atoms with E-state index < -0.39 is 9.85 Å². The lowest BCUT2D eigenvalue weighted by Crippen LogP contribution is -2.10. The van der Waals surface area contributed by atoms with Gasteiger partial charge in [-0.2, -0.15) is 0 Å². The van der Waals surface area contributed by atoms with Gasteiger partial charge >= 0.3 is 0 Å². The Morgan fingerprint density at radius 1 is 1.00 bits per heavy atom. The molecule has 0 bridgehead atoms. The molecule has 0 spiro atoms. The van der Waals surface area contributed by atoms with Crippen molar-refractivity contribution in [1.29, 1.82) is 0 Å². The molecular weight excluding hydrogens is 322 g/mol. The second-order valence-electron chi connectivity index (χ2n) is 6.03. The third-order valence-corrected chi connectivity index (χ3v) is 4.35. The number of nitrogens with zero attached hydrogens (tertiary/aromatic N) is 2. The van der Waals surface area contributed by atoms with Crippen LogP contribution in [0.3, 0.4) is 0 Å². The lowest BCUT2D eigenvalue weighted by Gasteiger charge is -2.18. The standard InChI is InChI=1S/C18H21N3O4/c1-4-12(2)15-10-16(18(21(24)25)11-17(15)20(22)23)19-13(3)14-8-6-5-7-9-14/h5-13,19H,4H2,1-3H3/t12-,13-/m0/s1. The molecule has 132 valence electrons. The van der Waals surface area contributed by atoms with Gasteiger partial charge in [-0.05, 0) is 30.9 Å². The van der Waals surface area contributed by atoms with E-state index in [1.54, 1.807) is 6.07 Å². The van der Waals surface area contributed by atoms with Crippen molar-refractivity contribution in [3.05, 3.63) is 73.8 Å². The minimum Gasteiger partial charge on any atom is -0.373 e. The van der Waals surface area contributed by atoms with Gasteiger partial charge in [0.2, 0.25) is 0 Å². The monoisotopic (exact) mass is 343 g/mol. The molecule has 25 heavy (non-hydrogen) atoms. The lowest BCUT2D eigenvalue weighted by molar-refractivity contribution is -0.394. The zero-order valence-corrected chi connectivity index (χ0v) is 14.4. The number of rotatable bonds is 7. The van der Waals surface area contributed by atoms with Gasteiger partial charge in [0.1, 0.15) is 5.69 Å². The highest BCUT2D eigenvalue weighted by Crippen LogP contribution is 2.38. The summed E-state index contributed by atoms with van der Waals surface area (Å²) < 4.78 is 0. The zero-order valence-electron chi connectivity index (χ0n) is 14.4. The molecule has 2 aromatic rings. The number of nitro groups is 2. The first-order chi connectivity index (χ1) is 11.8. The van der Waals surface area contributed by atoms with Crippen molar-refractivity contribution >= 4 is 17.1 Å². The van der Waals surface area contributed by atoms with E-state index in [2.05, 4.69) is 5.32 Å². The van der Waals surface area contributed by atoms with Crippen LogP contribution < -0.4 is 5.32 Å². The predicted molar refractivity (Wildman–Crippen MR) is 96.9 cm³/mol. The number of hydrogen-bond acceptors (Lipinski definition) is 5. The summed E-state index contributed by atoms with van der Waals surface area (Å²) >= 11 is 0. The van der Waals surface area contributed by atoms with Gasteiger partial charge in [0, 0.05) is 11.6 Å². The average molecular weight is 343 g/mol. The Labute approximate surface area is 146 Å². The van der Waals surface area contributed by atoms with Crippen LogP contribution in [0.1, 0.15) is 50.3 Å². The second kappa shape index (κ2) is 7.74. The van der Waals surface area contributed by atoms with Crippen LogP contribution in [0.4, 0.5) is 17.1 Å². The highest BCUT2D eigenvalue weighted by Gasteiger charge is 2.27. The van der Waals surface area contributed by atoms with Crippen molar-refractivity contribution in [2.45, 2.75) is 39.2 Å². The Morgan fingerprint density at radius 2 is 1.60 bits per heavy atom. The lowest BCUT2D eigenvalue weighted by atomic mass is 9.95. The van der Waals surface area contributed by atoms with Crippen molar-refractivity contribution in [1.82, 2.24) is 0 Å². The predicted octanol–water partition coefficient (Wildman–Crippen LogP) is 5.19. The fourth-order valence-corrected chi connectivity index (χ4v) is 2.69. The van der Waals surface area contributed by atoms with Crippen LogP contribution >= 0.6 is 0 Å². The minimum atomic E-state index is -0.590. The van der Waals surface area contributed by atoms with Gasteiger partial charge in [-0.1, -0.05) is 44.2 Å². The summed E-state index contributed by atoms with van der Waals surface area (Å²) in [4.78, 5) is 21.6. The van der Waals surface area contributed by atoms with Crippen LogP contribution in [0.15, 0.2) is 42.5 Å². The van der Waals surface area contributed by atoms with Gasteiger partial charge in [-0.3, -0.25) is 20.2 Å².